The predicted molar refractivity (Wildman–Crippen MR) is 76.4 cm³/mol. The summed E-state index contributed by atoms with van der Waals surface area (Å²) in [5, 5.41) is 15.9. The highest BCUT2D eigenvalue weighted by molar-refractivity contribution is 5.91. The molecular formula is C15H22N2O2. The van der Waals surface area contributed by atoms with Gasteiger partial charge in [-0.2, -0.15) is 0 Å². The summed E-state index contributed by atoms with van der Waals surface area (Å²) in [5.41, 5.74) is 2.47. The Bertz CT molecular complexity index is 465. The second-order valence-electron chi connectivity index (χ2n) is 5.40. The van der Waals surface area contributed by atoms with E-state index in [4.69, 9.17) is 0 Å². The topological polar surface area (TPSA) is 61.4 Å². The van der Waals surface area contributed by atoms with Crippen molar-refractivity contribution in [2.24, 2.45) is 5.92 Å². The molecule has 104 valence electrons. The molecule has 19 heavy (non-hydrogen) atoms. The first-order valence-electron chi connectivity index (χ1n) is 6.87. The lowest BCUT2D eigenvalue weighted by atomic mass is 9.94. The van der Waals surface area contributed by atoms with Crippen LogP contribution >= 0.6 is 0 Å². The molecule has 1 aliphatic rings. The summed E-state index contributed by atoms with van der Waals surface area (Å²) in [7, 11) is 0. The number of nitrogens with one attached hydrogen (secondary N) is 2. The lowest BCUT2D eigenvalue weighted by Gasteiger charge is -2.22. The number of amides is 1. The van der Waals surface area contributed by atoms with Gasteiger partial charge in [-0.3, -0.25) is 4.79 Å². The van der Waals surface area contributed by atoms with Gasteiger partial charge in [0.25, 0.3) is 0 Å². The predicted octanol–water partition coefficient (Wildman–Crippen LogP) is 2.34. The van der Waals surface area contributed by atoms with Gasteiger partial charge in [0.1, 0.15) is 5.75 Å². The zero-order valence-corrected chi connectivity index (χ0v) is 11.6. The first-order valence-corrected chi connectivity index (χ1v) is 6.87. The van der Waals surface area contributed by atoms with Crippen LogP contribution in [0.4, 0.5) is 5.69 Å². The van der Waals surface area contributed by atoms with E-state index < -0.39 is 0 Å². The van der Waals surface area contributed by atoms with Crippen molar-refractivity contribution in [3.05, 3.63) is 23.3 Å². The van der Waals surface area contributed by atoms with E-state index in [1.165, 1.54) is 0 Å². The van der Waals surface area contributed by atoms with Gasteiger partial charge in [0.15, 0.2) is 0 Å². The fraction of sp³-hybridized carbons (Fsp3) is 0.533. The van der Waals surface area contributed by atoms with Crippen molar-refractivity contribution in [2.45, 2.75) is 33.1 Å². The maximum Gasteiger partial charge on any atom is 0.224 e. The minimum Gasteiger partial charge on any atom is -0.508 e. The fourth-order valence-corrected chi connectivity index (χ4v) is 2.48. The molecule has 0 spiro atoms. The molecule has 1 fully saturated rings. The number of carbonyl (C=O) groups excluding carboxylic acids is 1. The summed E-state index contributed by atoms with van der Waals surface area (Å²) < 4.78 is 0. The van der Waals surface area contributed by atoms with Crippen molar-refractivity contribution in [1.29, 1.82) is 0 Å². The lowest BCUT2D eigenvalue weighted by Crippen LogP contribution is -2.30. The average molecular weight is 262 g/mol. The molecule has 4 heteroatoms. The molecule has 1 aromatic carbocycles. The minimum absolute atomic E-state index is 0.0695. The highest BCUT2D eigenvalue weighted by atomic mass is 16.3. The Labute approximate surface area is 114 Å². The van der Waals surface area contributed by atoms with Gasteiger partial charge in [-0.25, -0.2) is 0 Å². The van der Waals surface area contributed by atoms with Gasteiger partial charge < -0.3 is 15.7 Å². The molecular weight excluding hydrogens is 240 g/mol. The number of hydrogen-bond donors (Lipinski definition) is 3. The smallest absolute Gasteiger partial charge is 0.224 e. The average Bonchev–Trinajstić information content (AvgIpc) is 2.37. The summed E-state index contributed by atoms with van der Waals surface area (Å²) in [6.07, 6.45) is 2.73. The maximum atomic E-state index is 12.0. The number of piperidine rings is 1. The fourth-order valence-electron chi connectivity index (χ4n) is 2.48. The van der Waals surface area contributed by atoms with Crippen molar-refractivity contribution in [3.63, 3.8) is 0 Å². The molecule has 0 atom stereocenters. The monoisotopic (exact) mass is 262 g/mol. The molecule has 0 unspecified atom stereocenters. The van der Waals surface area contributed by atoms with Crippen molar-refractivity contribution < 1.29 is 9.90 Å². The molecule has 0 aliphatic carbocycles. The van der Waals surface area contributed by atoms with Crippen molar-refractivity contribution >= 4 is 11.6 Å². The van der Waals surface area contributed by atoms with Gasteiger partial charge in [-0.05, 0) is 69.0 Å². The van der Waals surface area contributed by atoms with Gasteiger partial charge in [0.05, 0.1) is 0 Å². The third-order valence-corrected chi connectivity index (χ3v) is 3.75. The molecule has 0 aromatic heterocycles. The van der Waals surface area contributed by atoms with Crippen LogP contribution in [0.1, 0.15) is 30.4 Å². The van der Waals surface area contributed by atoms with Crippen LogP contribution in [0.2, 0.25) is 0 Å². The number of phenolic OH excluding ortho intramolecular Hbond substituents is 1. The highest BCUT2D eigenvalue weighted by Crippen LogP contribution is 2.25. The number of benzene rings is 1. The van der Waals surface area contributed by atoms with E-state index in [1.807, 2.05) is 19.9 Å². The van der Waals surface area contributed by atoms with E-state index in [-0.39, 0.29) is 11.7 Å². The van der Waals surface area contributed by atoms with Crippen LogP contribution in [-0.2, 0) is 4.79 Å². The van der Waals surface area contributed by atoms with Crippen molar-refractivity contribution in [1.82, 2.24) is 5.32 Å². The van der Waals surface area contributed by atoms with E-state index in [2.05, 4.69) is 10.6 Å². The van der Waals surface area contributed by atoms with Gasteiger partial charge in [0, 0.05) is 12.1 Å². The molecule has 1 aliphatic heterocycles. The molecule has 0 bridgehead atoms. The van der Waals surface area contributed by atoms with E-state index in [1.54, 1.807) is 6.07 Å². The van der Waals surface area contributed by atoms with Crippen LogP contribution < -0.4 is 10.6 Å². The maximum absolute atomic E-state index is 12.0. The number of anilines is 1. The van der Waals surface area contributed by atoms with Gasteiger partial charge in [-0.15, -0.1) is 0 Å². The van der Waals surface area contributed by atoms with E-state index in [0.29, 0.717) is 12.3 Å². The minimum atomic E-state index is 0.0695. The number of rotatable bonds is 3. The molecule has 1 heterocycles. The first kappa shape index (κ1) is 13.9. The van der Waals surface area contributed by atoms with Crippen LogP contribution in [-0.4, -0.2) is 24.1 Å². The Morgan fingerprint density at radius 2 is 2.00 bits per heavy atom. The van der Waals surface area contributed by atoms with Crippen LogP contribution in [0, 0.1) is 19.8 Å². The molecule has 1 aromatic rings. The largest absolute Gasteiger partial charge is 0.508 e. The number of aryl methyl sites for hydroxylation is 2. The van der Waals surface area contributed by atoms with Crippen LogP contribution in [0.25, 0.3) is 0 Å². The first-order chi connectivity index (χ1) is 9.06. The molecule has 2 rings (SSSR count). The highest BCUT2D eigenvalue weighted by Gasteiger charge is 2.17. The number of hydrogen-bond acceptors (Lipinski definition) is 3. The summed E-state index contributed by atoms with van der Waals surface area (Å²) in [6.45, 7) is 5.74. The van der Waals surface area contributed by atoms with Crippen molar-refractivity contribution in [2.75, 3.05) is 18.4 Å². The Hall–Kier alpha value is -1.55. The van der Waals surface area contributed by atoms with Gasteiger partial charge in [0.2, 0.25) is 5.91 Å². The Kier molecular flexibility index (Phi) is 4.43. The zero-order chi connectivity index (χ0) is 13.8. The summed E-state index contributed by atoms with van der Waals surface area (Å²) >= 11 is 0. The van der Waals surface area contributed by atoms with Gasteiger partial charge >= 0.3 is 0 Å². The van der Waals surface area contributed by atoms with Gasteiger partial charge in [-0.1, -0.05) is 0 Å². The molecule has 0 saturated carbocycles. The second kappa shape index (κ2) is 6.06. The van der Waals surface area contributed by atoms with E-state index in [9.17, 15) is 9.90 Å². The zero-order valence-electron chi connectivity index (χ0n) is 11.6. The standard InChI is InChI=1S/C15H22N2O2/c1-10-8-14(18)11(2)7-13(10)17-15(19)9-12-3-5-16-6-4-12/h7-8,12,16,18H,3-6,9H2,1-2H3,(H,17,19). The molecule has 1 amide bonds. The molecule has 3 N–H and O–H groups in total. The number of aromatic hydroxyl groups is 1. The van der Waals surface area contributed by atoms with Crippen molar-refractivity contribution in [3.8, 4) is 5.75 Å². The van der Waals surface area contributed by atoms with Crippen LogP contribution in [0.15, 0.2) is 12.1 Å². The summed E-state index contributed by atoms with van der Waals surface area (Å²) in [4.78, 5) is 12.0. The van der Waals surface area contributed by atoms with E-state index in [0.717, 1.165) is 42.7 Å². The number of carbonyl (C=O) groups is 1. The second-order valence-corrected chi connectivity index (χ2v) is 5.40. The summed E-state index contributed by atoms with van der Waals surface area (Å²) in [6, 6.07) is 3.51. The molecule has 4 nitrogen and oxygen atoms in total. The molecule has 0 radical (unpaired) electrons. The lowest BCUT2D eigenvalue weighted by molar-refractivity contribution is -0.117. The normalized spacial score (nSPS) is 16.3. The van der Waals surface area contributed by atoms with Crippen LogP contribution in [0.3, 0.4) is 0 Å². The van der Waals surface area contributed by atoms with E-state index >= 15 is 0 Å². The van der Waals surface area contributed by atoms with Crippen LogP contribution in [0.5, 0.6) is 5.75 Å². The molecule has 1 saturated heterocycles. The third kappa shape index (κ3) is 3.70. The third-order valence-electron chi connectivity index (χ3n) is 3.75. The Morgan fingerprint density at radius 1 is 1.32 bits per heavy atom. The number of phenols is 1. The SMILES string of the molecule is Cc1cc(NC(=O)CC2CCNCC2)c(C)cc1O. The Balaban J connectivity index is 1.96. The quantitative estimate of drug-likeness (QED) is 0.733. The Morgan fingerprint density at radius 3 is 2.68 bits per heavy atom. The summed E-state index contributed by atoms with van der Waals surface area (Å²) in [5.74, 6) is 0.828.